The molecule has 0 aliphatic carbocycles. The van der Waals surface area contributed by atoms with Crippen LogP contribution in [0.4, 0.5) is 0 Å². The van der Waals surface area contributed by atoms with E-state index in [1.165, 1.54) is 0 Å². The number of amides is 1. The highest BCUT2D eigenvalue weighted by molar-refractivity contribution is 5.76. The molecule has 0 bridgehead atoms. The zero-order chi connectivity index (χ0) is 9.40. The highest BCUT2D eigenvalue weighted by Gasteiger charge is 2.02. The van der Waals surface area contributed by atoms with Crippen LogP contribution < -0.4 is 11.1 Å². The van der Waals surface area contributed by atoms with E-state index in [4.69, 9.17) is 11.3 Å². The van der Waals surface area contributed by atoms with Gasteiger partial charge in [-0.3, -0.25) is 4.79 Å². The van der Waals surface area contributed by atoms with Crippen molar-refractivity contribution in [3.05, 3.63) is 10.4 Å². The van der Waals surface area contributed by atoms with Crippen LogP contribution in [-0.2, 0) is 4.79 Å². The van der Waals surface area contributed by atoms with Gasteiger partial charge in [-0.2, -0.15) is 0 Å². The normalized spacial score (nSPS) is 11.5. The lowest BCUT2D eigenvalue weighted by Crippen LogP contribution is -2.31. The lowest BCUT2D eigenvalue weighted by molar-refractivity contribution is -0.121. The average Bonchev–Trinajstić information content (AvgIpc) is 1.97. The molecule has 68 valence electrons. The summed E-state index contributed by atoms with van der Waals surface area (Å²) < 4.78 is 0. The summed E-state index contributed by atoms with van der Waals surface area (Å²) in [6, 6.07) is -0.135. The molecule has 12 heavy (non-hydrogen) atoms. The Bertz CT molecular complexity index is 184. The molecule has 0 saturated carbocycles. The van der Waals surface area contributed by atoms with E-state index < -0.39 is 0 Å². The SMILES string of the molecule is C[C@H](N)CC(=O)NCCN=[N+]=[N-]. The Morgan fingerprint density at radius 1 is 1.83 bits per heavy atom. The molecule has 6 nitrogen and oxygen atoms in total. The van der Waals surface area contributed by atoms with Crippen LogP contribution in [0.15, 0.2) is 5.11 Å². The summed E-state index contributed by atoms with van der Waals surface area (Å²) in [6.45, 7) is 2.41. The molecule has 1 amide bonds. The predicted molar refractivity (Wildman–Crippen MR) is 45.3 cm³/mol. The second-order valence-electron chi connectivity index (χ2n) is 2.49. The van der Waals surface area contributed by atoms with Crippen LogP contribution in [0.3, 0.4) is 0 Å². The fourth-order valence-corrected chi connectivity index (χ4v) is 0.655. The summed E-state index contributed by atoms with van der Waals surface area (Å²) >= 11 is 0. The number of carbonyl (C=O) groups excluding carboxylic acids is 1. The number of hydrogen-bond acceptors (Lipinski definition) is 3. The standard InChI is InChI=1S/C6H13N5O/c1-5(7)4-6(12)9-2-3-10-11-8/h5H,2-4,7H2,1H3,(H,9,12)/t5-/m0/s1. The molecule has 0 saturated heterocycles. The molecule has 6 heteroatoms. The molecule has 0 spiro atoms. The Morgan fingerprint density at radius 3 is 3.00 bits per heavy atom. The smallest absolute Gasteiger partial charge is 0.221 e. The molecule has 0 fully saturated rings. The Morgan fingerprint density at radius 2 is 2.50 bits per heavy atom. The first kappa shape index (κ1) is 10.7. The van der Waals surface area contributed by atoms with Gasteiger partial charge in [-0.05, 0) is 12.5 Å². The van der Waals surface area contributed by atoms with Gasteiger partial charge in [-0.15, -0.1) is 0 Å². The van der Waals surface area contributed by atoms with Crippen LogP contribution >= 0.6 is 0 Å². The van der Waals surface area contributed by atoms with Gasteiger partial charge in [0.25, 0.3) is 0 Å². The van der Waals surface area contributed by atoms with Gasteiger partial charge in [0, 0.05) is 30.5 Å². The van der Waals surface area contributed by atoms with E-state index in [0.717, 1.165) is 0 Å². The summed E-state index contributed by atoms with van der Waals surface area (Å²) in [5.74, 6) is -0.113. The molecule has 0 radical (unpaired) electrons. The van der Waals surface area contributed by atoms with Crippen LogP contribution in [0.1, 0.15) is 13.3 Å². The molecule has 0 aliphatic heterocycles. The Kier molecular flexibility index (Phi) is 5.77. The minimum atomic E-state index is -0.135. The van der Waals surface area contributed by atoms with E-state index in [2.05, 4.69) is 15.3 Å². The van der Waals surface area contributed by atoms with Gasteiger partial charge < -0.3 is 11.1 Å². The number of nitrogens with one attached hydrogen (secondary N) is 1. The van der Waals surface area contributed by atoms with Crippen LogP contribution in [0.25, 0.3) is 10.4 Å². The zero-order valence-corrected chi connectivity index (χ0v) is 7.03. The first-order chi connectivity index (χ1) is 5.66. The van der Waals surface area contributed by atoms with Gasteiger partial charge in [-0.1, -0.05) is 5.11 Å². The molecular weight excluding hydrogens is 158 g/mol. The summed E-state index contributed by atoms with van der Waals surface area (Å²) in [7, 11) is 0. The van der Waals surface area contributed by atoms with Crippen LogP contribution in [0, 0.1) is 0 Å². The fourth-order valence-electron chi connectivity index (χ4n) is 0.655. The predicted octanol–water partition coefficient (Wildman–Crippen LogP) is 0.150. The van der Waals surface area contributed by atoms with Crippen molar-refractivity contribution in [1.82, 2.24) is 5.32 Å². The Labute approximate surface area is 70.7 Å². The topological polar surface area (TPSA) is 104 Å². The third-order valence-corrected chi connectivity index (χ3v) is 1.10. The van der Waals surface area contributed by atoms with Crippen molar-refractivity contribution in [2.45, 2.75) is 19.4 Å². The summed E-state index contributed by atoms with van der Waals surface area (Å²) in [5, 5.41) is 5.82. The molecule has 0 aromatic rings. The third-order valence-electron chi connectivity index (χ3n) is 1.10. The monoisotopic (exact) mass is 171 g/mol. The third kappa shape index (κ3) is 6.85. The highest BCUT2D eigenvalue weighted by atomic mass is 16.1. The number of azide groups is 1. The second kappa shape index (κ2) is 6.45. The van der Waals surface area contributed by atoms with Gasteiger partial charge >= 0.3 is 0 Å². The van der Waals surface area contributed by atoms with Crippen molar-refractivity contribution < 1.29 is 4.79 Å². The first-order valence-electron chi connectivity index (χ1n) is 3.70. The highest BCUT2D eigenvalue weighted by Crippen LogP contribution is 1.84. The lowest BCUT2D eigenvalue weighted by atomic mass is 10.2. The van der Waals surface area contributed by atoms with Crippen molar-refractivity contribution in [3.63, 3.8) is 0 Å². The quantitative estimate of drug-likeness (QED) is 0.266. The average molecular weight is 171 g/mol. The van der Waals surface area contributed by atoms with E-state index in [9.17, 15) is 4.79 Å². The van der Waals surface area contributed by atoms with E-state index in [1.807, 2.05) is 0 Å². The minimum Gasteiger partial charge on any atom is -0.356 e. The molecule has 3 N–H and O–H groups in total. The van der Waals surface area contributed by atoms with Gasteiger partial charge in [0.15, 0.2) is 0 Å². The number of hydrogen-bond donors (Lipinski definition) is 2. The van der Waals surface area contributed by atoms with Crippen molar-refractivity contribution >= 4 is 5.91 Å². The second-order valence-corrected chi connectivity index (χ2v) is 2.49. The molecular formula is C6H13N5O. The van der Waals surface area contributed by atoms with E-state index >= 15 is 0 Å². The molecule has 1 atom stereocenters. The molecule has 0 aromatic carbocycles. The summed E-state index contributed by atoms with van der Waals surface area (Å²) in [5.41, 5.74) is 13.3. The van der Waals surface area contributed by atoms with E-state index in [-0.39, 0.29) is 18.5 Å². The van der Waals surface area contributed by atoms with Crippen LogP contribution in [0.5, 0.6) is 0 Å². The van der Waals surface area contributed by atoms with Crippen molar-refractivity contribution in [2.24, 2.45) is 10.8 Å². The molecule has 0 aliphatic rings. The van der Waals surface area contributed by atoms with Gasteiger partial charge in [0.2, 0.25) is 5.91 Å². The number of rotatable bonds is 5. The van der Waals surface area contributed by atoms with E-state index in [0.29, 0.717) is 13.0 Å². The van der Waals surface area contributed by atoms with Crippen molar-refractivity contribution in [2.75, 3.05) is 13.1 Å². The summed E-state index contributed by atoms with van der Waals surface area (Å²) in [6.07, 6.45) is 0.302. The van der Waals surface area contributed by atoms with Crippen molar-refractivity contribution in [1.29, 1.82) is 0 Å². The number of carbonyl (C=O) groups is 1. The van der Waals surface area contributed by atoms with Crippen molar-refractivity contribution in [3.8, 4) is 0 Å². The van der Waals surface area contributed by atoms with Gasteiger partial charge in [-0.25, -0.2) is 0 Å². The van der Waals surface area contributed by atoms with E-state index in [1.54, 1.807) is 6.92 Å². The Hall–Kier alpha value is -1.26. The molecule has 0 aromatic heterocycles. The maximum absolute atomic E-state index is 10.9. The maximum atomic E-state index is 10.9. The first-order valence-corrected chi connectivity index (χ1v) is 3.70. The fraction of sp³-hybridized carbons (Fsp3) is 0.833. The molecule has 0 unspecified atom stereocenters. The maximum Gasteiger partial charge on any atom is 0.221 e. The van der Waals surface area contributed by atoms with Crippen LogP contribution in [0.2, 0.25) is 0 Å². The number of nitrogens with zero attached hydrogens (tertiary/aromatic N) is 3. The largest absolute Gasteiger partial charge is 0.356 e. The zero-order valence-electron chi connectivity index (χ0n) is 7.03. The number of nitrogens with two attached hydrogens (primary N) is 1. The van der Waals surface area contributed by atoms with Gasteiger partial charge in [0.1, 0.15) is 0 Å². The minimum absolute atomic E-state index is 0.113. The Balaban J connectivity index is 3.37. The molecule has 0 rings (SSSR count). The lowest BCUT2D eigenvalue weighted by Gasteiger charge is -2.04. The summed E-state index contributed by atoms with van der Waals surface area (Å²) in [4.78, 5) is 13.4. The van der Waals surface area contributed by atoms with Crippen LogP contribution in [-0.4, -0.2) is 25.0 Å². The van der Waals surface area contributed by atoms with Gasteiger partial charge in [0.05, 0.1) is 0 Å². The molecule has 0 heterocycles.